The van der Waals surface area contributed by atoms with Gasteiger partial charge in [0.1, 0.15) is 5.37 Å². The summed E-state index contributed by atoms with van der Waals surface area (Å²) < 4.78 is 0. The van der Waals surface area contributed by atoms with E-state index in [1.807, 2.05) is 41.3 Å². The van der Waals surface area contributed by atoms with Gasteiger partial charge < -0.3 is 5.32 Å². The van der Waals surface area contributed by atoms with Gasteiger partial charge in [-0.1, -0.05) is 54.9 Å². The third-order valence-corrected chi connectivity index (χ3v) is 6.60. The summed E-state index contributed by atoms with van der Waals surface area (Å²) in [6, 6.07) is 22.7. The molecule has 3 aromatic rings. The number of benzene rings is 3. The van der Waals surface area contributed by atoms with Gasteiger partial charge >= 0.3 is 0 Å². The summed E-state index contributed by atoms with van der Waals surface area (Å²) in [7, 11) is 0. The predicted molar refractivity (Wildman–Crippen MR) is 124 cm³/mol. The second kappa shape index (κ2) is 8.94. The SMILES string of the molecule is CCc1ccc(N2C(=O)CS[C@H]2c2ccc(NC(=O)c3ccccc3Cl)cc2)cc1. The van der Waals surface area contributed by atoms with E-state index in [-0.39, 0.29) is 17.2 Å². The summed E-state index contributed by atoms with van der Waals surface area (Å²) in [5, 5.41) is 3.20. The van der Waals surface area contributed by atoms with Crippen LogP contribution in [0.3, 0.4) is 0 Å². The van der Waals surface area contributed by atoms with E-state index in [9.17, 15) is 9.59 Å². The number of anilines is 2. The fourth-order valence-corrected chi connectivity index (χ4v) is 4.82. The lowest BCUT2D eigenvalue weighted by Gasteiger charge is -2.24. The van der Waals surface area contributed by atoms with Crippen LogP contribution < -0.4 is 10.2 Å². The Kier molecular flexibility index (Phi) is 6.11. The minimum atomic E-state index is -0.253. The average molecular weight is 437 g/mol. The van der Waals surface area contributed by atoms with Gasteiger partial charge in [0.05, 0.1) is 16.3 Å². The van der Waals surface area contributed by atoms with Gasteiger partial charge in [0.2, 0.25) is 5.91 Å². The summed E-state index contributed by atoms with van der Waals surface area (Å²) in [5.74, 6) is 0.298. The van der Waals surface area contributed by atoms with Gasteiger partial charge in [0.25, 0.3) is 5.91 Å². The molecule has 30 heavy (non-hydrogen) atoms. The van der Waals surface area contributed by atoms with Crippen LogP contribution >= 0.6 is 23.4 Å². The molecule has 1 aliphatic rings. The number of nitrogens with zero attached hydrogens (tertiary/aromatic N) is 1. The van der Waals surface area contributed by atoms with Crippen molar-refractivity contribution in [2.75, 3.05) is 16.0 Å². The minimum absolute atomic E-state index is 0.0849. The first kappa shape index (κ1) is 20.5. The first-order chi connectivity index (χ1) is 14.6. The number of rotatable bonds is 5. The number of carbonyl (C=O) groups excluding carboxylic acids is 2. The van der Waals surface area contributed by atoms with Crippen molar-refractivity contribution < 1.29 is 9.59 Å². The zero-order valence-corrected chi connectivity index (χ0v) is 18.0. The highest BCUT2D eigenvalue weighted by atomic mass is 35.5. The molecular formula is C24H21ClN2O2S. The number of hydrogen-bond acceptors (Lipinski definition) is 3. The third-order valence-electron chi connectivity index (χ3n) is 5.06. The van der Waals surface area contributed by atoms with Crippen LogP contribution in [0.15, 0.2) is 72.8 Å². The highest BCUT2D eigenvalue weighted by Gasteiger charge is 2.33. The molecule has 0 saturated carbocycles. The monoisotopic (exact) mass is 436 g/mol. The fourth-order valence-electron chi connectivity index (χ4n) is 3.42. The number of nitrogens with one attached hydrogen (secondary N) is 1. The summed E-state index contributed by atoms with van der Waals surface area (Å²) in [6.45, 7) is 2.11. The van der Waals surface area contributed by atoms with E-state index in [1.54, 1.807) is 36.0 Å². The van der Waals surface area contributed by atoms with Crippen LogP contribution in [0.4, 0.5) is 11.4 Å². The van der Waals surface area contributed by atoms with Crippen molar-refractivity contribution in [3.63, 3.8) is 0 Å². The zero-order valence-electron chi connectivity index (χ0n) is 16.5. The summed E-state index contributed by atoms with van der Waals surface area (Å²) >= 11 is 7.71. The van der Waals surface area contributed by atoms with E-state index in [2.05, 4.69) is 24.4 Å². The average Bonchev–Trinajstić information content (AvgIpc) is 3.16. The second-order valence-corrected chi connectivity index (χ2v) is 8.48. The van der Waals surface area contributed by atoms with E-state index in [4.69, 9.17) is 11.6 Å². The molecule has 1 N–H and O–H groups in total. The van der Waals surface area contributed by atoms with Gasteiger partial charge in [-0.25, -0.2) is 0 Å². The van der Waals surface area contributed by atoms with E-state index >= 15 is 0 Å². The fraction of sp³-hybridized carbons (Fsp3) is 0.167. The largest absolute Gasteiger partial charge is 0.322 e. The van der Waals surface area contributed by atoms with E-state index in [1.165, 1.54) is 5.56 Å². The second-order valence-electron chi connectivity index (χ2n) is 7.00. The number of aryl methyl sites for hydroxylation is 1. The lowest BCUT2D eigenvalue weighted by Crippen LogP contribution is -2.27. The van der Waals surface area contributed by atoms with Gasteiger partial charge in [-0.15, -0.1) is 11.8 Å². The third kappa shape index (κ3) is 4.23. The summed E-state index contributed by atoms with van der Waals surface area (Å²) in [5.41, 5.74) is 4.27. The Labute approximate surface area is 185 Å². The number of carbonyl (C=O) groups is 2. The number of halogens is 1. The molecule has 1 atom stereocenters. The maximum atomic E-state index is 12.5. The Balaban J connectivity index is 1.52. The normalized spacial score (nSPS) is 16.0. The summed E-state index contributed by atoms with van der Waals surface area (Å²) in [6.07, 6.45) is 0.966. The van der Waals surface area contributed by atoms with Gasteiger partial charge in [0, 0.05) is 11.4 Å². The van der Waals surface area contributed by atoms with Gasteiger partial charge in [-0.05, 0) is 53.9 Å². The molecule has 1 heterocycles. The molecule has 6 heteroatoms. The lowest BCUT2D eigenvalue weighted by molar-refractivity contribution is -0.115. The quantitative estimate of drug-likeness (QED) is 0.539. The lowest BCUT2D eigenvalue weighted by atomic mass is 10.1. The molecule has 0 aromatic heterocycles. The van der Waals surface area contributed by atoms with Crippen molar-refractivity contribution in [3.8, 4) is 0 Å². The molecule has 1 saturated heterocycles. The highest BCUT2D eigenvalue weighted by Crippen LogP contribution is 2.42. The molecule has 152 valence electrons. The van der Waals surface area contributed by atoms with Crippen LogP contribution in [0, 0.1) is 0 Å². The molecule has 2 amide bonds. The van der Waals surface area contributed by atoms with Crippen molar-refractivity contribution >= 4 is 46.6 Å². The highest BCUT2D eigenvalue weighted by molar-refractivity contribution is 8.00. The van der Waals surface area contributed by atoms with Crippen LogP contribution in [-0.4, -0.2) is 17.6 Å². The first-order valence-corrected chi connectivity index (χ1v) is 11.2. The van der Waals surface area contributed by atoms with Crippen molar-refractivity contribution in [3.05, 3.63) is 94.5 Å². The van der Waals surface area contributed by atoms with Crippen molar-refractivity contribution in [2.24, 2.45) is 0 Å². The number of hydrogen-bond donors (Lipinski definition) is 1. The molecule has 1 fully saturated rings. The molecule has 0 radical (unpaired) electrons. The van der Waals surface area contributed by atoms with Gasteiger partial charge in [-0.3, -0.25) is 14.5 Å². The van der Waals surface area contributed by atoms with Crippen molar-refractivity contribution in [1.82, 2.24) is 0 Å². The van der Waals surface area contributed by atoms with Crippen LogP contribution in [0.25, 0.3) is 0 Å². The molecule has 3 aromatic carbocycles. The Hall–Kier alpha value is -2.76. The smallest absolute Gasteiger partial charge is 0.257 e. The number of thioether (sulfide) groups is 1. The minimum Gasteiger partial charge on any atom is -0.322 e. The zero-order chi connectivity index (χ0) is 21.1. The van der Waals surface area contributed by atoms with Crippen LogP contribution in [-0.2, 0) is 11.2 Å². The molecule has 0 spiro atoms. The van der Waals surface area contributed by atoms with Crippen LogP contribution in [0.2, 0.25) is 5.02 Å². The maximum Gasteiger partial charge on any atom is 0.257 e. The van der Waals surface area contributed by atoms with Crippen molar-refractivity contribution in [1.29, 1.82) is 0 Å². The molecule has 0 unspecified atom stereocenters. The van der Waals surface area contributed by atoms with Gasteiger partial charge in [-0.2, -0.15) is 0 Å². The topological polar surface area (TPSA) is 49.4 Å². The molecule has 0 aliphatic carbocycles. The molecule has 4 rings (SSSR count). The van der Waals surface area contributed by atoms with Crippen molar-refractivity contribution in [2.45, 2.75) is 18.7 Å². The Morgan fingerprint density at radius 2 is 1.77 bits per heavy atom. The van der Waals surface area contributed by atoms with E-state index in [0.29, 0.717) is 22.0 Å². The van der Waals surface area contributed by atoms with E-state index < -0.39 is 0 Å². The van der Waals surface area contributed by atoms with E-state index in [0.717, 1.165) is 17.7 Å². The Morgan fingerprint density at radius 1 is 1.07 bits per heavy atom. The maximum absolute atomic E-state index is 12.5. The molecule has 0 bridgehead atoms. The first-order valence-electron chi connectivity index (χ1n) is 9.75. The summed E-state index contributed by atoms with van der Waals surface area (Å²) in [4.78, 5) is 26.9. The standard InChI is InChI=1S/C24H21ClN2O2S/c1-2-16-7-13-19(14-8-16)27-22(28)15-30-24(27)17-9-11-18(12-10-17)26-23(29)20-5-3-4-6-21(20)25/h3-14,24H,2,15H2,1H3,(H,26,29)/t24-/m0/s1. The number of amides is 2. The predicted octanol–water partition coefficient (Wildman–Crippen LogP) is 5.93. The molecule has 1 aliphatic heterocycles. The Bertz CT molecular complexity index is 1070. The van der Waals surface area contributed by atoms with Crippen LogP contribution in [0.5, 0.6) is 0 Å². The molecular weight excluding hydrogens is 416 g/mol. The van der Waals surface area contributed by atoms with Crippen LogP contribution in [0.1, 0.15) is 33.8 Å². The molecule has 4 nitrogen and oxygen atoms in total. The Morgan fingerprint density at radius 3 is 2.43 bits per heavy atom. The van der Waals surface area contributed by atoms with Gasteiger partial charge in [0.15, 0.2) is 0 Å².